The van der Waals surface area contributed by atoms with E-state index in [1.54, 1.807) is 19.1 Å². The number of carbonyl (C=O) groups is 4. The van der Waals surface area contributed by atoms with Crippen LogP contribution in [-0.4, -0.2) is 41.0 Å². The van der Waals surface area contributed by atoms with Crippen LogP contribution in [0, 0.1) is 0 Å². The van der Waals surface area contributed by atoms with Crippen molar-refractivity contribution < 1.29 is 23.9 Å². The molecule has 0 radical (unpaired) electrons. The van der Waals surface area contributed by atoms with Gasteiger partial charge in [-0.3, -0.25) is 25.4 Å². The van der Waals surface area contributed by atoms with E-state index in [0.717, 1.165) is 11.1 Å². The monoisotopic (exact) mass is 360 g/mol. The molecule has 26 heavy (non-hydrogen) atoms. The summed E-state index contributed by atoms with van der Waals surface area (Å²) in [7, 11) is 0. The van der Waals surface area contributed by atoms with Crippen LogP contribution >= 0.6 is 0 Å². The van der Waals surface area contributed by atoms with Gasteiger partial charge in [-0.25, -0.2) is 4.79 Å². The number of piperidine rings is 1. The first kappa shape index (κ1) is 17.9. The van der Waals surface area contributed by atoms with Gasteiger partial charge in [-0.2, -0.15) is 0 Å². The number of nitrogens with zero attached hydrogens (tertiary/aromatic N) is 1. The summed E-state index contributed by atoms with van der Waals surface area (Å²) >= 11 is 0. The fourth-order valence-corrected chi connectivity index (χ4v) is 3.12. The van der Waals surface area contributed by atoms with E-state index < -0.39 is 24.3 Å². The minimum Gasteiger partial charge on any atom is -0.431 e. The summed E-state index contributed by atoms with van der Waals surface area (Å²) in [6.07, 6.45) is -0.786. The Morgan fingerprint density at radius 3 is 2.88 bits per heavy atom. The van der Waals surface area contributed by atoms with Crippen molar-refractivity contribution in [2.75, 3.05) is 0 Å². The Morgan fingerprint density at radius 2 is 2.19 bits per heavy atom. The van der Waals surface area contributed by atoms with Gasteiger partial charge in [0.1, 0.15) is 12.3 Å². The van der Waals surface area contributed by atoms with Crippen molar-refractivity contribution in [2.24, 2.45) is 5.73 Å². The molecule has 4 amide bonds. The van der Waals surface area contributed by atoms with Gasteiger partial charge >= 0.3 is 6.09 Å². The van der Waals surface area contributed by atoms with E-state index >= 15 is 0 Å². The van der Waals surface area contributed by atoms with Gasteiger partial charge in [-0.15, -0.1) is 0 Å². The lowest BCUT2D eigenvalue weighted by atomic mass is 10.0. The van der Waals surface area contributed by atoms with Crippen molar-refractivity contribution in [3.05, 3.63) is 34.9 Å². The van der Waals surface area contributed by atoms with E-state index in [4.69, 9.17) is 10.5 Å². The Morgan fingerprint density at radius 1 is 1.42 bits per heavy atom. The summed E-state index contributed by atoms with van der Waals surface area (Å²) in [6, 6.07) is 4.58. The third kappa shape index (κ3) is 3.67. The molecule has 2 aliphatic heterocycles. The quantitative estimate of drug-likeness (QED) is 0.511. The van der Waals surface area contributed by atoms with Crippen LogP contribution < -0.4 is 16.4 Å². The first-order valence-corrected chi connectivity index (χ1v) is 8.31. The molecule has 3 rings (SSSR count). The predicted octanol–water partition coefficient (Wildman–Crippen LogP) is -0.0215. The maximum atomic E-state index is 12.6. The molecule has 2 unspecified atom stereocenters. The second-order valence-electron chi connectivity index (χ2n) is 6.36. The van der Waals surface area contributed by atoms with E-state index in [-0.39, 0.29) is 24.8 Å². The van der Waals surface area contributed by atoms with E-state index in [0.29, 0.717) is 18.5 Å². The maximum absolute atomic E-state index is 12.6. The first-order valence-electron chi connectivity index (χ1n) is 8.31. The van der Waals surface area contributed by atoms with Crippen molar-refractivity contribution in [1.29, 1.82) is 0 Å². The number of hydrogen-bond acceptors (Lipinski definition) is 6. The van der Waals surface area contributed by atoms with Crippen LogP contribution in [0.4, 0.5) is 4.79 Å². The summed E-state index contributed by atoms with van der Waals surface area (Å²) in [5, 5.41) is 4.85. The second kappa shape index (κ2) is 7.12. The van der Waals surface area contributed by atoms with E-state index in [9.17, 15) is 19.2 Å². The van der Waals surface area contributed by atoms with E-state index in [2.05, 4.69) is 10.6 Å². The van der Waals surface area contributed by atoms with E-state index in [1.165, 1.54) is 4.90 Å². The lowest BCUT2D eigenvalue weighted by Crippen LogP contribution is -2.52. The molecule has 0 bridgehead atoms. The molecule has 9 nitrogen and oxygen atoms in total. The van der Waals surface area contributed by atoms with Gasteiger partial charge in [-0.05, 0) is 30.5 Å². The number of ether oxygens (including phenoxy) is 1. The minimum absolute atomic E-state index is 0.216. The number of carbonyl (C=O) groups excluding carboxylic acids is 4. The standard InChI is InChI=1S/C17H20N4O5/c1-9(18)26-17(25)19-7-10-2-3-12-11(6-10)8-21(16(12)24)13-4-5-14(22)20-15(13)23/h2-3,6,9,13H,4-5,7-8,18H2,1H3,(H,19,25)(H,20,22,23). The predicted molar refractivity (Wildman–Crippen MR) is 89.5 cm³/mol. The van der Waals surface area contributed by atoms with Crippen molar-refractivity contribution in [1.82, 2.24) is 15.5 Å². The Kier molecular flexibility index (Phi) is 4.90. The molecular weight excluding hydrogens is 340 g/mol. The van der Waals surface area contributed by atoms with Crippen molar-refractivity contribution in [3.8, 4) is 0 Å². The number of alkyl carbamates (subject to hydrolysis) is 1. The largest absolute Gasteiger partial charge is 0.431 e. The van der Waals surface area contributed by atoms with Crippen LogP contribution in [0.25, 0.3) is 0 Å². The minimum atomic E-state index is -0.699. The summed E-state index contributed by atoms with van der Waals surface area (Å²) in [5.41, 5.74) is 7.47. The number of fused-ring (bicyclic) bond motifs is 1. The molecule has 0 aromatic heterocycles. The van der Waals surface area contributed by atoms with Gasteiger partial charge in [0, 0.05) is 25.1 Å². The third-order valence-electron chi connectivity index (χ3n) is 4.32. The van der Waals surface area contributed by atoms with Crippen molar-refractivity contribution in [2.45, 2.75) is 45.1 Å². The highest BCUT2D eigenvalue weighted by molar-refractivity contribution is 6.05. The molecular formula is C17H20N4O5. The van der Waals surface area contributed by atoms with Gasteiger partial charge in [-0.1, -0.05) is 12.1 Å². The fourth-order valence-electron chi connectivity index (χ4n) is 3.12. The molecule has 138 valence electrons. The van der Waals surface area contributed by atoms with Crippen LogP contribution in [0.15, 0.2) is 18.2 Å². The molecule has 1 saturated heterocycles. The van der Waals surface area contributed by atoms with Gasteiger partial charge in [0.15, 0.2) is 0 Å². The molecule has 2 aliphatic rings. The van der Waals surface area contributed by atoms with Crippen LogP contribution in [0.5, 0.6) is 0 Å². The maximum Gasteiger partial charge on any atom is 0.408 e. The molecule has 2 heterocycles. The Labute approximate surface area is 149 Å². The van der Waals surface area contributed by atoms with Gasteiger partial charge in [0.05, 0.1) is 0 Å². The summed E-state index contributed by atoms with van der Waals surface area (Å²) in [5.74, 6) is -0.990. The molecule has 4 N–H and O–H groups in total. The van der Waals surface area contributed by atoms with Gasteiger partial charge in [0.25, 0.3) is 5.91 Å². The smallest absolute Gasteiger partial charge is 0.408 e. The summed E-state index contributed by atoms with van der Waals surface area (Å²) in [4.78, 5) is 48.9. The van der Waals surface area contributed by atoms with Gasteiger partial charge in [0.2, 0.25) is 11.8 Å². The molecule has 0 saturated carbocycles. The Bertz CT molecular complexity index is 776. The Balaban J connectivity index is 1.67. The van der Waals surface area contributed by atoms with Crippen LogP contribution in [-0.2, 0) is 27.4 Å². The van der Waals surface area contributed by atoms with E-state index in [1.807, 2.05) is 6.07 Å². The lowest BCUT2D eigenvalue weighted by Gasteiger charge is -2.29. The van der Waals surface area contributed by atoms with Crippen molar-refractivity contribution in [3.63, 3.8) is 0 Å². The number of nitrogens with two attached hydrogens (primary N) is 1. The third-order valence-corrected chi connectivity index (χ3v) is 4.32. The molecule has 0 aliphatic carbocycles. The zero-order valence-corrected chi connectivity index (χ0v) is 14.3. The highest BCUT2D eigenvalue weighted by atomic mass is 16.6. The molecule has 0 spiro atoms. The summed E-state index contributed by atoms with van der Waals surface area (Å²) < 4.78 is 4.79. The number of benzene rings is 1. The molecule has 1 aromatic carbocycles. The highest BCUT2D eigenvalue weighted by Crippen LogP contribution is 2.28. The zero-order valence-electron chi connectivity index (χ0n) is 14.3. The number of nitrogens with one attached hydrogen (secondary N) is 2. The fraction of sp³-hybridized carbons (Fsp3) is 0.412. The summed E-state index contributed by atoms with van der Waals surface area (Å²) in [6.45, 7) is 2.06. The van der Waals surface area contributed by atoms with Crippen LogP contribution in [0.3, 0.4) is 0 Å². The molecule has 1 fully saturated rings. The first-order chi connectivity index (χ1) is 12.3. The van der Waals surface area contributed by atoms with Crippen LogP contribution in [0.1, 0.15) is 41.3 Å². The number of hydrogen-bond donors (Lipinski definition) is 3. The molecule has 1 aromatic rings. The lowest BCUT2D eigenvalue weighted by molar-refractivity contribution is -0.136. The van der Waals surface area contributed by atoms with Crippen LogP contribution in [0.2, 0.25) is 0 Å². The number of imide groups is 1. The normalized spacial score (nSPS) is 20.5. The number of rotatable bonds is 4. The van der Waals surface area contributed by atoms with Gasteiger partial charge < -0.3 is 15.0 Å². The van der Waals surface area contributed by atoms with Crippen molar-refractivity contribution >= 4 is 23.8 Å². The Hall–Kier alpha value is -2.94. The zero-order chi connectivity index (χ0) is 18.8. The highest BCUT2D eigenvalue weighted by Gasteiger charge is 2.38. The SMILES string of the molecule is CC(N)OC(=O)NCc1ccc2c(c1)CN(C1CCC(=O)NC1=O)C2=O. The average Bonchev–Trinajstić information content (AvgIpc) is 2.88. The topological polar surface area (TPSA) is 131 Å². The second-order valence-corrected chi connectivity index (χ2v) is 6.36. The average molecular weight is 360 g/mol. The number of amides is 4. The molecule has 9 heteroatoms. The molecule has 2 atom stereocenters.